The van der Waals surface area contributed by atoms with E-state index in [1.807, 2.05) is 12.1 Å². The number of carbonyl (C=O) groups excluding carboxylic acids is 1. The maximum Gasteiger partial charge on any atom is 0.328 e. The number of nitrogens with one attached hydrogen (secondary N) is 1. The number of hydrogen-bond donors (Lipinski definition) is 2. The zero-order valence-corrected chi connectivity index (χ0v) is 11.2. The molecule has 0 bridgehead atoms. The van der Waals surface area contributed by atoms with Gasteiger partial charge in [0.05, 0.1) is 11.2 Å². The molecule has 2 N–H and O–H groups in total. The number of amides is 1. The molecule has 0 spiro atoms. The highest BCUT2D eigenvalue weighted by Crippen LogP contribution is 2.23. The first-order valence-corrected chi connectivity index (χ1v) is 6.12. The van der Waals surface area contributed by atoms with Gasteiger partial charge in [-0.25, -0.2) is 4.79 Å². The normalized spacial score (nSPS) is 10.8. The zero-order chi connectivity index (χ0) is 13.8. The Morgan fingerprint density at radius 2 is 2.11 bits per heavy atom. The van der Waals surface area contributed by atoms with Crippen molar-refractivity contribution in [2.75, 3.05) is 5.32 Å². The summed E-state index contributed by atoms with van der Waals surface area (Å²) in [6, 6.07) is 7.24. The summed E-state index contributed by atoms with van der Waals surface area (Å²) in [4.78, 5) is 26.1. The van der Waals surface area contributed by atoms with E-state index < -0.39 is 11.9 Å². The summed E-state index contributed by atoms with van der Waals surface area (Å²) in [6.07, 6.45) is 3.37. The van der Waals surface area contributed by atoms with E-state index in [0.717, 1.165) is 22.0 Å². The number of hydrogen-bond acceptors (Lipinski definition) is 3. The number of fused-ring (bicyclic) bond motifs is 1. The Morgan fingerprint density at radius 1 is 1.32 bits per heavy atom. The summed E-state index contributed by atoms with van der Waals surface area (Å²) in [5.74, 6) is -1.69. The number of carboxylic acid groups (broad SMARTS) is 1. The number of halogens is 1. The highest BCUT2D eigenvalue weighted by molar-refractivity contribution is 9.10. The largest absolute Gasteiger partial charge is 0.478 e. The van der Waals surface area contributed by atoms with Crippen LogP contribution >= 0.6 is 15.9 Å². The summed E-state index contributed by atoms with van der Waals surface area (Å²) in [7, 11) is 0. The number of para-hydroxylation sites is 1. The minimum Gasteiger partial charge on any atom is -0.478 e. The second-order valence-electron chi connectivity index (χ2n) is 3.69. The third kappa shape index (κ3) is 3.38. The molecule has 19 heavy (non-hydrogen) atoms. The van der Waals surface area contributed by atoms with E-state index in [1.165, 1.54) is 0 Å². The molecule has 1 aromatic heterocycles. The molecule has 0 aliphatic carbocycles. The molecule has 0 aliphatic heterocycles. The van der Waals surface area contributed by atoms with Gasteiger partial charge in [-0.1, -0.05) is 12.1 Å². The Labute approximate surface area is 117 Å². The SMILES string of the molecule is O=C(O)/C=C/C(=O)Nc1cccc2cc(Br)cnc12. The molecule has 6 heteroatoms. The van der Waals surface area contributed by atoms with Gasteiger partial charge in [-0.3, -0.25) is 9.78 Å². The molecule has 0 fully saturated rings. The average molecular weight is 321 g/mol. The van der Waals surface area contributed by atoms with E-state index in [9.17, 15) is 9.59 Å². The molecule has 0 saturated heterocycles. The number of carboxylic acids is 1. The first-order valence-electron chi connectivity index (χ1n) is 5.32. The highest BCUT2D eigenvalue weighted by atomic mass is 79.9. The molecule has 0 unspecified atom stereocenters. The number of rotatable bonds is 3. The molecule has 0 atom stereocenters. The Bertz CT molecular complexity index is 683. The average Bonchev–Trinajstić information content (AvgIpc) is 2.36. The second-order valence-corrected chi connectivity index (χ2v) is 4.61. The van der Waals surface area contributed by atoms with Crippen molar-refractivity contribution < 1.29 is 14.7 Å². The molecule has 0 saturated carbocycles. The van der Waals surface area contributed by atoms with Gasteiger partial charge in [0, 0.05) is 28.2 Å². The zero-order valence-electron chi connectivity index (χ0n) is 9.63. The summed E-state index contributed by atoms with van der Waals surface area (Å²) < 4.78 is 0.842. The molecule has 1 heterocycles. The Balaban J connectivity index is 2.30. The van der Waals surface area contributed by atoms with Crippen molar-refractivity contribution in [2.45, 2.75) is 0 Å². The molecule has 1 amide bonds. The lowest BCUT2D eigenvalue weighted by Crippen LogP contribution is -2.09. The van der Waals surface area contributed by atoms with Crippen LogP contribution in [0, 0.1) is 0 Å². The number of aromatic nitrogens is 1. The van der Waals surface area contributed by atoms with Crippen LogP contribution in [0.5, 0.6) is 0 Å². The van der Waals surface area contributed by atoms with Crippen molar-refractivity contribution in [1.29, 1.82) is 0 Å². The molecule has 0 aliphatic rings. The van der Waals surface area contributed by atoms with Crippen LogP contribution < -0.4 is 5.32 Å². The molecule has 5 nitrogen and oxygen atoms in total. The lowest BCUT2D eigenvalue weighted by atomic mass is 10.2. The van der Waals surface area contributed by atoms with Crippen LogP contribution in [0.15, 0.2) is 47.1 Å². The fraction of sp³-hybridized carbons (Fsp3) is 0. The van der Waals surface area contributed by atoms with E-state index >= 15 is 0 Å². The lowest BCUT2D eigenvalue weighted by molar-refractivity contribution is -0.131. The van der Waals surface area contributed by atoms with E-state index in [2.05, 4.69) is 26.2 Å². The minimum atomic E-state index is -1.17. The fourth-order valence-corrected chi connectivity index (χ4v) is 1.91. The van der Waals surface area contributed by atoms with Crippen LogP contribution in [0.2, 0.25) is 0 Å². The van der Waals surface area contributed by atoms with Gasteiger partial charge >= 0.3 is 5.97 Å². The third-order valence-corrected chi connectivity index (χ3v) is 2.75. The molecular formula is C13H9BrN2O3. The van der Waals surface area contributed by atoms with Crippen LogP contribution in [0.3, 0.4) is 0 Å². The van der Waals surface area contributed by atoms with Crippen LogP contribution in [0.4, 0.5) is 5.69 Å². The third-order valence-electron chi connectivity index (χ3n) is 2.31. The topological polar surface area (TPSA) is 79.3 Å². The molecule has 0 radical (unpaired) electrons. The predicted octanol–water partition coefficient (Wildman–Crippen LogP) is 2.58. The van der Waals surface area contributed by atoms with E-state index in [-0.39, 0.29) is 0 Å². The monoisotopic (exact) mass is 320 g/mol. The number of nitrogens with zero attached hydrogens (tertiary/aromatic N) is 1. The number of pyridine rings is 1. The van der Waals surface area contributed by atoms with Crippen molar-refractivity contribution >= 4 is 44.4 Å². The number of carbonyl (C=O) groups is 2. The summed E-state index contributed by atoms with van der Waals surface area (Å²) >= 11 is 3.32. The van der Waals surface area contributed by atoms with E-state index in [1.54, 1.807) is 18.3 Å². The van der Waals surface area contributed by atoms with Gasteiger partial charge in [-0.2, -0.15) is 0 Å². The maximum absolute atomic E-state index is 11.5. The van der Waals surface area contributed by atoms with Crippen molar-refractivity contribution in [3.05, 3.63) is 47.1 Å². The van der Waals surface area contributed by atoms with Crippen LogP contribution in [-0.2, 0) is 9.59 Å². The molecule has 2 rings (SSSR count). The van der Waals surface area contributed by atoms with Gasteiger partial charge in [0.1, 0.15) is 0 Å². The van der Waals surface area contributed by atoms with E-state index in [4.69, 9.17) is 5.11 Å². The summed E-state index contributed by atoms with van der Waals surface area (Å²) in [5.41, 5.74) is 1.17. The van der Waals surface area contributed by atoms with Crippen molar-refractivity contribution in [3.63, 3.8) is 0 Å². The number of aliphatic carboxylic acids is 1. The molecule has 2 aromatic rings. The number of anilines is 1. The fourth-order valence-electron chi connectivity index (χ4n) is 1.56. The first kappa shape index (κ1) is 13.2. The Hall–Kier alpha value is -2.21. The van der Waals surface area contributed by atoms with E-state index in [0.29, 0.717) is 11.2 Å². The van der Waals surface area contributed by atoms with Crippen molar-refractivity contribution in [1.82, 2.24) is 4.98 Å². The van der Waals surface area contributed by atoms with Gasteiger partial charge < -0.3 is 10.4 Å². The first-order chi connectivity index (χ1) is 9.06. The smallest absolute Gasteiger partial charge is 0.328 e. The highest BCUT2D eigenvalue weighted by Gasteiger charge is 2.05. The van der Waals surface area contributed by atoms with Crippen molar-refractivity contribution in [2.24, 2.45) is 0 Å². The van der Waals surface area contributed by atoms with Gasteiger partial charge in [0.15, 0.2) is 0 Å². The van der Waals surface area contributed by atoms with Gasteiger partial charge in [-0.15, -0.1) is 0 Å². The van der Waals surface area contributed by atoms with Gasteiger partial charge in [0.25, 0.3) is 0 Å². The quantitative estimate of drug-likeness (QED) is 0.852. The van der Waals surface area contributed by atoms with Crippen molar-refractivity contribution in [3.8, 4) is 0 Å². The lowest BCUT2D eigenvalue weighted by Gasteiger charge is -2.06. The summed E-state index contributed by atoms with van der Waals surface area (Å²) in [6.45, 7) is 0. The second kappa shape index (κ2) is 5.62. The number of benzene rings is 1. The minimum absolute atomic E-state index is 0.514. The summed E-state index contributed by atoms with van der Waals surface area (Å²) in [5, 5.41) is 11.9. The molecule has 96 valence electrons. The Kier molecular flexibility index (Phi) is 3.91. The molecule has 1 aromatic carbocycles. The molecular weight excluding hydrogens is 312 g/mol. The van der Waals surface area contributed by atoms with Crippen LogP contribution in [0.1, 0.15) is 0 Å². The standard InChI is InChI=1S/C13H9BrN2O3/c14-9-6-8-2-1-3-10(13(8)15-7-9)16-11(17)4-5-12(18)19/h1-7H,(H,16,17)(H,18,19)/b5-4+. The predicted molar refractivity (Wildman–Crippen MR) is 74.8 cm³/mol. The Morgan fingerprint density at radius 3 is 2.84 bits per heavy atom. The van der Waals surface area contributed by atoms with Gasteiger partial charge in [0.2, 0.25) is 5.91 Å². The van der Waals surface area contributed by atoms with Crippen LogP contribution in [-0.4, -0.2) is 22.0 Å². The van der Waals surface area contributed by atoms with Gasteiger partial charge in [-0.05, 0) is 28.1 Å². The van der Waals surface area contributed by atoms with Crippen LogP contribution in [0.25, 0.3) is 10.9 Å². The maximum atomic E-state index is 11.5.